The summed E-state index contributed by atoms with van der Waals surface area (Å²) < 4.78 is 11.4. The van der Waals surface area contributed by atoms with Crippen LogP contribution in [0.5, 0.6) is 0 Å². The average molecular weight is 482 g/mol. The van der Waals surface area contributed by atoms with Crippen molar-refractivity contribution in [2.75, 3.05) is 0 Å². The van der Waals surface area contributed by atoms with E-state index in [0.29, 0.717) is 34.2 Å². The van der Waals surface area contributed by atoms with Crippen LogP contribution in [-0.4, -0.2) is 30.0 Å². The topological polar surface area (TPSA) is 126 Å². The molecule has 0 unspecified atom stereocenters. The summed E-state index contributed by atoms with van der Waals surface area (Å²) >= 11 is 0. The zero-order chi connectivity index (χ0) is 25.5. The highest BCUT2D eigenvalue weighted by molar-refractivity contribution is 5.95. The number of hydrogen-bond acceptors (Lipinski definition) is 7. The number of nitrogens with zero attached hydrogens (tertiary/aromatic N) is 2. The van der Waals surface area contributed by atoms with E-state index in [1.54, 1.807) is 60.7 Å². The van der Waals surface area contributed by atoms with Gasteiger partial charge in [0.15, 0.2) is 11.6 Å². The molecule has 2 heterocycles. The molecule has 0 radical (unpaired) electrons. The molecule has 2 aromatic heterocycles. The quantitative estimate of drug-likeness (QED) is 0.201. The van der Waals surface area contributed by atoms with Gasteiger partial charge < -0.3 is 8.83 Å². The largest absolute Gasteiger partial charge is 0.455 e. The van der Waals surface area contributed by atoms with Crippen LogP contribution in [0.3, 0.4) is 0 Å². The highest BCUT2D eigenvalue weighted by atomic mass is 16.3. The first-order valence-electron chi connectivity index (χ1n) is 10.9. The van der Waals surface area contributed by atoms with Gasteiger partial charge in [-0.3, -0.25) is 9.59 Å². The van der Waals surface area contributed by atoms with E-state index in [9.17, 15) is 14.4 Å². The van der Waals surface area contributed by atoms with E-state index in [-0.39, 0.29) is 11.6 Å². The van der Waals surface area contributed by atoms with E-state index in [0.717, 1.165) is 11.1 Å². The predicted molar refractivity (Wildman–Crippen MR) is 135 cm³/mol. The van der Waals surface area contributed by atoms with Crippen LogP contribution < -0.4 is 10.9 Å². The highest BCUT2D eigenvalue weighted by Crippen LogP contribution is 2.24. The second-order valence-corrected chi connectivity index (χ2v) is 7.75. The van der Waals surface area contributed by atoms with Gasteiger partial charge in [-0.25, -0.2) is 15.6 Å². The average Bonchev–Trinajstić information content (AvgIpc) is 3.54. The van der Waals surface area contributed by atoms with Crippen molar-refractivity contribution in [3.05, 3.63) is 95.4 Å². The van der Waals surface area contributed by atoms with Crippen LogP contribution in [0, 0.1) is 0 Å². The molecule has 9 heteroatoms. The summed E-state index contributed by atoms with van der Waals surface area (Å²) in [6.07, 6.45) is 2.69. The minimum absolute atomic E-state index is 0.0324. The number of ketones is 2. The molecular weight excluding hydrogens is 460 g/mol. The van der Waals surface area contributed by atoms with Gasteiger partial charge in [-0.15, -0.1) is 0 Å². The van der Waals surface area contributed by atoms with Gasteiger partial charge in [0.1, 0.15) is 23.0 Å². The molecule has 4 aromatic rings. The Hall–Kier alpha value is -5.05. The number of nitrogens with one attached hydrogen (secondary N) is 2. The number of hydrogen-bond donors (Lipinski definition) is 2. The number of benzene rings is 2. The van der Waals surface area contributed by atoms with E-state index in [1.807, 2.05) is 12.1 Å². The highest BCUT2D eigenvalue weighted by Gasteiger charge is 2.08. The molecule has 9 nitrogen and oxygen atoms in total. The second kappa shape index (κ2) is 10.9. The van der Waals surface area contributed by atoms with Crippen molar-refractivity contribution < 1.29 is 23.2 Å². The molecule has 0 saturated carbocycles. The molecule has 2 aromatic carbocycles. The van der Waals surface area contributed by atoms with Crippen LogP contribution >= 0.6 is 0 Å². The van der Waals surface area contributed by atoms with E-state index < -0.39 is 6.03 Å². The molecule has 4 rings (SSSR count). The van der Waals surface area contributed by atoms with Gasteiger partial charge >= 0.3 is 6.03 Å². The Labute approximate surface area is 206 Å². The van der Waals surface area contributed by atoms with Gasteiger partial charge in [-0.1, -0.05) is 36.4 Å². The zero-order valence-electron chi connectivity index (χ0n) is 19.5. The number of hydrazone groups is 2. The van der Waals surface area contributed by atoms with E-state index in [2.05, 4.69) is 21.1 Å². The lowest BCUT2D eigenvalue weighted by atomic mass is 10.1. The van der Waals surface area contributed by atoms with Crippen LogP contribution in [0.25, 0.3) is 22.6 Å². The summed E-state index contributed by atoms with van der Waals surface area (Å²) in [5.41, 5.74) is 7.25. The first-order valence-corrected chi connectivity index (χ1v) is 10.9. The van der Waals surface area contributed by atoms with Crippen molar-refractivity contribution in [3.8, 4) is 22.6 Å². The molecule has 0 aliphatic carbocycles. The number of carbonyl (C=O) groups excluding carboxylic acids is 3. The number of rotatable bonds is 8. The second-order valence-electron chi connectivity index (χ2n) is 7.75. The molecular formula is C27H22N4O5. The predicted octanol–water partition coefficient (Wildman–Crippen LogP) is 5.28. The normalized spacial score (nSPS) is 11.2. The minimum Gasteiger partial charge on any atom is -0.455 e. The van der Waals surface area contributed by atoms with Crippen molar-refractivity contribution in [2.45, 2.75) is 13.8 Å². The third-order valence-electron chi connectivity index (χ3n) is 5.08. The Kier molecular flexibility index (Phi) is 7.30. The van der Waals surface area contributed by atoms with Crippen molar-refractivity contribution in [2.24, 2.45) is 10.2 Å². The summed E-state index contributed by atoms with van der Waals surface area (Å²) in [5, 5.41) is 7.65. The molecule has 0 saturated heterocycles. The lowest BCUT2D eigenvalue weighted by Crippen LogP contribution is -2.28. The number of urea groups is 1. The third kappa shape index (κ3) is 6.09. The summed E-state index contributed by atoms with van der Waals surface area (Å²) in [7, 11) is 0. The Morgan fingerprint density at radius 3 is 1.53 bits per heavy atom. The van der Waals surface area contributed by atoms with Gasteiger partial charge in [-0.2, -0.15) is 10.2 Å². The number of amides is 2. The molecule has 0 bridgehead atoms. The first kappa shape index (κ1) is 24.1. The van der Waals surface area contributed by atoms with Crippen molar-refractivity contribution >= 4 is 30.0 Å². The number of Topliss-reactive ketones (excluding diaryl/α,β-unsaturated/α-hetero) is 2. The van der Waals surface area contributed by atoms with Gasteiger partial charge in [0, 0.05) is 22.3 Å². The number of carbonyl (C=O) groups is 3. The molecule has 0 atom stereocenters. The number of furan rings is 2. The Morgan fingerprint density at radius 2 is 1.11 bits per heavy atom. The Morgan fingerprint density at radius 1 is 0.667 bits per heavy atom. The Bertz CT molecular complexity index is 1370. The maximum Gasteiger partial charge on any atom is 0.355 e. The van der Waals surface area contributed by atoms with Crippen LogP contribution in [0.2, 0.25) is 0 Å². The summed E-state index contributed by atoms with van der Waals surface area (Å²) in [4.78, 5) is 35.0. The van der Waals surface area contributed by atoms with Crippen LogP contribution in [-0.2, 0) is 0 Å². The van der Waals surface area contributed by atoms with Crippen LogP contribution in [0.1, 0.15) is 46.1 Å². The molecule has 36 heavy (non-hydrogen) atoms. The molecule has 2 amide bonds. The Balaban J connectivity index is 1.29. The fraction of sp³-hybridized carbons (Fsp3) is 0.0741. The van der Waals surface area contributed by atoms with Crippen LogP contribution in [0.15, 0.2) is 91.8 Å². The lowest BCUT2D eigenvalue weighted by Gasteiger charge is -2.00. The van der Waals surface area contributed by atoms with Crippen molar-refractivity contribution in [1.29, 1.82) is 0 Å². The monoisotopic (exact) mass is 482 g/mol. The van der Waals surface area contributed by atoms with E-state index >= 15 is 0 Å². The maximum absolute atomic E-state index is 11.9. The first-order chi connectivity index (χ1) is 17.4. The molecule has 2 N–H and O–H groups in total. The SMILES string of the molecule is CC(=O)c1cccc(-c2ccc(C=NNC(=O)N/N=C/c3ccc(-c4cccc(C(C)=O)c4)o3)o2)c1. The molecule has 180 valence electrons. The molecule has 0 aliphatic heterocycles. The molecule has 0 fully saturated rings. The summed E-state index contributed by atoms with van der Waals surface area (Å²) in [5.74, 6) is 1.90. The standard InChI is InChI=1S/C27H22N4O5/c1-17(32)19-5-3-7-21(13-19)25-11-9-23(35-25)15-28-30-27(34)31-29-16-24-10-12-26(36-24)22-8-4-6-20(14-22)18(2)33/h3-16H,1-2H3,(H2,30,31,34)/b28-15+,29-16?. The van der Waals surface area contributed by atoms with E-state index in [4.69, 9.17) is 8.83 Å². The van der Waals surface area contributed by atoms with E-state index in [1.165, 1.54) is 26.3 Å². The maximum atomic E-state index is 11.9. The van der Waals surface area contributed by atoms with Gasteiger partial charge in [0.25, 0.3) is 0 Å². The van der Waals surface area contributed by atoms with Crippen LogP contribution in [0.4, 0.5) is 4.79 Å². The minimum atomic E-state index is -0.663. The fourth-order valence-electron chi connectivity index (χ4n) is 3.27. The van der Waals surface area contributed by atoms with Gasteiger partial charge in [-0.05, 0) is 50.2 Å². The molecule has 0 aliphatic rings. The zero-order valence-corrected chi connectivity index (χ0v) is 19.5. The fourth-order valence-corrected chi connectivity index (χ4v) is 3.27. The lowest BCUT2D eigenvalue weighted by molar-refractivity contribution is 0.100. The molecule has 0 spiro atoms. The third-order valence-corrected chi connectivity index (χ3v) is 5.08. The summed E-state index contributed by atoms with van der Waals surface area (Å²) in [6.45, 7) is 3.01. The summed E-state index contributed by atoms with van der Waals surface area (Å²) in [6, 6.07) is 20.4. The van der Waals surface area contributed by atoms with Gasteiger partial charge in [0.2, 0.25) is 0 Å². The smallest absolute Gasteiger partial charge is 0.355 e. The van der Waals surface area contributed by atoms with Gasteiger partial charge in [0.05, 0.1) is 12.4 Å². The van der Waals surface area contributed by atoms with Crippen molar-refractivity contribution in [1.82, 2.24) is 10.9 Å². The van der Waals surface area contributed by atoms with Crippen molar-refractivity contribution in [3.63, 3.8) is 0 Å².